The van der Waals surface area contributed by atoms with E-state index in [1.165, 1.54) is 11.1 Å². The quantitative estimate of drug-likeness (QED) is 0.748. The molecule has 3 atom stereocenters. The monoisotopic (exact) mass is 415 g/mol. The number of nitrogens with zero attached hydrogens (tertiary/aromatic N) is 2. The fraction of sp³-hybridized carbons (Fsp3) is 0.500. The van der Waals surface area contributed by atoms with Crippen LogP contribution in [0.2, 0.25) is 0 Å². The van der Waals surface area contributed by atoms with Crippen LogP contribution in [0.15, 0.2) is 54.4 Å². The summed E-state index contributed by atoms with van der Waals surface area (Å²) >= 11 is 0. The van der Waals surface area contributed by atoms with Crippen LogP contribution < -0.4 is 5.46 Å². The van der Waals surface area contributed by atoms with Crippen LogP contribution in [0.3, 0.4) is 0 Å². The summed E-state index contributed by atoms with van der Waals surface area (Å²) in [5.74, 6) is 1.82. The zero-order chi connectivity index (χ0) is 22.4. The summed E-state index contributed by atoms with van der Waals surface area (Å²) < 4.78 is 8.61. The van der Waals surface area contributed by atoms with Crippen molar-refractivity contribution in [3.05, 3.63) is 60.0 Å². The lowest BCUT2D eigenvalue weighted by molar-refractivity contribution is -0.0893. The molecule has 1 radical (unpaired) electrons. The Labute approximate surface area is 186 Å². The van der Waals surface area contributed by atoms with Gasteiger partial charge >= 0.3 is 7.48 Å². The summed E-state index contributed by atoms with van der Waals surface area (Å²) in [6.45, 7) is 14.4. The van der Waals surface area contributed by atoms with Gasteiger partial charge in [-0.25, -0.2) is 4.98 Å². The first-order valence-electron chi connectivity index (χ1n) is 11.3. The van der Waals surface area contributed by atoms with E-state index in [0.717, 1.165) is 16.9 Å². The van der Waals surface area contributed by atoms with Crippen LogP contribution in [0.25, 0.3) is 11.4 Å². The topological polar surface area (TPSA) is 47.3 Å². The molecule has 1 saturated carbocycles. The Morgan fingerprint density at radius 3 is 2.65 bits per heavy atom. The third-order valence-corrected chi connectivity index (χ3v) is 8.27. The summed E-state index contributed by atoms with van der Waals surface area (Å²) in [5.41, 5.74) is 3.01. The van der Waals surface area contributed by atoms with Crippen LogP contribution in [0.1, 0.15) is 54.0 Å². The fourth-order valence-electron chi connectivity index (χ4n) is 5.79. The lowest BCUT2D eigenvalue weighted by Crippen LogP contribution is -2.49. The zero-order valence-corrected chi connectivity index (χ0v) is 19.6. The van der Waals surface area contributed by atoms with Crippen molar-refractivity contribution < 1.29 is 9.76 Å². The predicted octanol–water partition coefficient (Wildman–Crippen LogP) is 4.11. The summed E-state index contributed by atoms with van der Waals surface area (Å²) in [4.78, 5) is 4.76. The number of fused-ring (bicyclic) bond motifs is 6. The van der Waals surface area contributed by atoms with E-state index in [-0.39, 0.29) is 11.0 Å². The van der Waals surface area contributed by atoms with Crippen molar-refractivity contribution in [3.8, 4) is 11.4 Å². The minimum absolute atomic E-state index is 0.105. The first kappa shape index (κ1) is 20.8. The van der Waals surface area contributed by atoms with Crippen molar-refractivity contribution in [2.24, 2.45) is 11.8 Å². The van der Waals surface area contributed by atoms with Crippen molar-refractivity contribution >= 4 is 12.9 Å². The standard InChI is InChI=1S/C26H32BN2O2/c1-16(2)18-9-8-10-21-25(7)19-15-17(22-28-13-14-29(22)26(18,21)25)11-12-20(19)27-31-24(5,6)23(3,4)30/h8-16,21,30H,1-7H3. The Kier molecular flexibility index (Phi) is 4.18. The molecule has 2 heterocycles. The molecule has 2 aliphatic carbocycles. The molecule has 1 spiro atoms. The molecule has 3 aliphatic rings. The third kappa shape index (κ3) is 2.48. The summed E-state index contributed by atoms with van der Waals surface area (Å²) in [6, 6.07) is 6.57. The van der Waals surface area contributed by atoms with Crippen molar-refractivity contribution in [3.63, 3.8) is 0 Å². The van der Waals surface area contributed by atoms with E-state index >= 15 is 0 Å². The van der Waals surface area contributed by atoms with Crippen molar-refractivity contribution in [1.29, 1.82) is 0 Å². The number of allylic oxidation sites excluding steroid dienone is 4. The number of aliphatic hydroxyl groups is 1. The van der Waals surface area contributed by atoms with Crippen molar-refractivity contribution in [2.75, 3.05) is 0 Å². The summed E-state index contributed by atoms with van der Waals surface area (Å²) in [7, 11) is 1.84. The molecule has 1 aromatic heterocycles. The van der Waals surface area contributed by atoms with E-state index in [0.29, 0.717) is 11.8 Å². The first-order valence-corrected chi connectivity index (χ1v) is 11.3. The van der Waals surface area contributed by atoms with Gasteiger partial charge in [0.2, 0.25) is 0 Å². The van der Waals surface area contributed by atoms with Crippen molar-refractivity contribution in [1.82, 2.24) is 9.55 Å². The minimum atomic E-state index is -0.963. The second-order valence-corrected chi connectivity index (χ2v) is 10.8. The highest BCUT2D eigenvalue weighted by atomic mass is 16.5. The summed E-state index contributed by atoms with van der Waals surface area (Å²) in [5, 5.41) is 10.5. The van der Waals surface area contributed by atoms with Gasteiger partial charge in [-0.1, -0.05) is 51.1 Å². The normalized spacial score (nSPS) is 28.4. The van der Waals surface area contributed by atoms with E-state index in [9.17, 15) is 5.11 Å². The Balaban J connectivity index is 1.66. The predicted molar refractivity (Wildman–Crippen MR) is 125 cm³/mol. The molecular weight excluding hydrogens is 383 g/mol. The van der Waals surface area contributed by atoms with E-state index in [4.69, 9.17) is 9.64 Å². The largest absolute Gasteiger partial charge is 0.427 e. The highest BCUT2D eigenvalue weighted by Gasteiger charge is 2.78. The van der Waals surface area contributed by atoms with Crippen molar-refractivity contribution in [2.45, 2.75) is 70.6 Å². The second kappa shape index (κ2) is 6.23. The van der Waals surface area contributed by atoms with Gasteiger partial charge in [0.1, 0.15) is 5.82 Å². The first-order chi connectivity index (χ1) is 14.5. The number of imidazole rings is 1. The molecule has 31 heavy (non-hydrogen) atoms. The van der Waals surface area contributed by atoms with Gasteiger partial charge in [0.25, 0.3) is 0 Å². The molecular formula is C26H32BN2O2. The van der Waals surface area contributed by atoms with Gasteiger partial charge in [-0.15, -0.1) is 0 Å². The lowest BCUT2D eigenvalue weighted by atomic mass is 9.74. The van der Waals surface area contributed by atoms with Crippen LogP contribution in [0, 0.1) is 11.8 Å². The molecule has 0 saturated heterocycles. The number of rotatable bonds is 5. The number of aromatic nitrogens is 2. The molecule has 1 aliphatic heterocycles. The van der Waals surface area contributed by atoms with Gasteiger partial charge in [-0.3, -0.25) is 0 Å². The SMILES string of the molecule is CC(C)C1=CC=CC2C3(C)c4cc(ccc4[B]OC(C)(C)C(C)(C)O)-c4nccn4C123. The lowest BCUT2D eigenvalue weighted by Gasteiger charge is -2.38. The van der Waals surface area contributed by atoms with Crippen LogP contribution in [0.5, 0.6) is 0 Å². The highest BCUT2D eigenvalue weighted by Crippen LogP contribution is 2.74. The van der Waals surface area contributed by atoms with Crippen LogP contribution in [-0.4, -0.2) is 33.3 Å². The van der Waals surface area contributed by atoms with Gasteiger partial charge in [-0.2, -0.15) is 0 Å². The van der Waals surface area contributed by atoms with E-state index < -0.39 is 11.2 Å². The van der Waals surface area contributed by atoms with Gasteiger partial charge in [0.05, 0.1) is 16.7 Å². The van der Waals surface area contributed by atoms with Crippen LogP contribution >= 0.6 is 0 Å². The highest BCUT2D eigenvalue weighted by molar-refractivity contribution is 6.48. The molecule has 3 unspecified atom stereocenters. The van der Waals surface area contributed by atoms with Crippen LogP contribution in [-0.2, 0) is 15.6 Å². The summed E-state index contributed by atoms with van der Waals surface area (Å²) in [6.07, 6.45) is 11.0. The minimum Gasteiger partial charge on any atom is -0.427 e. The van der Waals surface area contributed by atoms with Gasteiger partial charge in [0.15, 0.2) is 0 Å². The number of benzene rings is 1. The van der Waals surface area contributed by atoms with Gasteiger partial charge in [-0.05, 0) is 56.3 Å². The average molecular weight is 415 g/mol. The Hall–Kier alpha value is -2.11. The molecule has 2 bridgehead atoms. The maximum absolute atomic E-state index is 10.5. The second-order valence-electron chi connectivity index (χ2n) is 10.8. The van der Waals surface area contributed by atoms with Gasteiger partial charge in [0, 0.05) is 29.3 Å². The molecule has 5 rings (SSSR count). The molecule has 0 amide bonds. The molecule has 4 nitrogen and oxygen atoms in total. The zero-order valence-electron chi connectivity index (χ0n) is 19.6. The Morgan fingerprint density at radius 2 is 1.97 bits per heavy atom. The molecule has 1 N–H and O–H groups in total. The van der Waals surface area contributed by atoms with Gasteiger partial charge < -0.3 is 14.3 Å². The van der Waals surface area contributed by atoms with E-state index in [1.54, 1.807) is 13.8 Å². The number of hydrogen-bond acceptors (Lipinski definition) is 3. The molecule has 1 fully saturated rings. The molecule has 161 valence electrons. The fourth-order valence-corrected chi connectivity index (χ4v) is 5.79. The maximum Gasteiger partial charge on any atom is 0.331 e. The Morgan fingerprint density at radius 1 is 1.23 bits per heavy atom. The molecule has 1 aromatic carbocycles. The number of hydrogen-bond donors (Lipinski definition) is 1. The third-order valence-electron chi connectivity index (χ3n) is 8.27. The smallest absolute Gasteiger partial charge is 0.331 e. The molecule has 2 aromatic rings. The van der Waals surface area contributed by atoms with E-state index in [2.05, 4.69) is 68.0 Å². The van der Waals surface area contributed by atoms with Crippen LogP contribution in [0.4, 0.5) is 0 Å². The Bertz CT molecular complexity index is 1120. The van der Waals surface area contributed by atoms with E-state index in [1.807, 2.05) is 27.5 Å². The molecule has 5 heteroatoms. The maximum atomic E-state index is 10.5. The average Bonchev–Trinajstić information content (AvgIpc) is 3.02.